The van der Waals surface area contributed by atoms with Gasteiger partial charge < -0.3 is 10.0 Å². The number of amides is 1. The number of rotatable bonds is 13. The molecule has 0 saturated carbocycles. The van der Waals surface area contributed by atoms with E-state index in [2.05, 4.69) is 0 Å². The standard InChI is InChI=1S/C15H28FNO3/c1-2-12-17(13-15(19)20)14(18)10-8-6-4-3-5-7-9-11-16/h2-13H2,1H3,(H,19,20). The predicted molar refractivity (Wildman–Crippen MR) is 77.4 cm³/mol. The Kier molecular flexibility index (Phi) is 12.2. The topological polar surface area (TPSA) is 57.6 Å². The molecule has 0 aliphatic carbocycles. The van der Waals surface area contributed by atoms with E-state index in [1.54, 1.807) is 0 Å². The van der Waals surface area contributed by atoms with Crippen LogP contribution in [0.4, 0.5) is 4.39 Å². The average molecular weight is 289 g/mol. The number of carboxylic acid groups (broad SMARTS) is 1. The Hall–Kier alpha value is -1.13. The molecule has 20 heavy (non-hydrogen) atoms. The number of halogens is 1. The summed E-state index contributed by atoms with van der Waals surface area (Å²) < 4.78 is 11.9. The van der Waals surface area contributed by atoms with Crippen LogP contribution >= 0.6 is 0 Å². The van der Waals surface area contributed by atoms with Crippen molar-refractivity contribution in [1.29, 1.82) is 0 Å². The summed E-state index contributed by atoms with van der Waals surface area (Å²) >= 11 is 0. The SMILES string of the molecule is CCCN(CC(=O)O)C(=O)CCCCCCCCCF. The highest BCUT2D eigenvalue weighted by atomic mass is 19.1. The molecule has 0 radical (unpaired) electrons. The van der Waals surface area contributed by atoms with Gasteiger partial charge in [-0.05, 0) is 19.3 Å². The van der Waals surface area contributed by atoms with Gasteiger partial charge in [0.2, 0.25) is 5.91 Å². The maximum Gasteiger partial charge on any atom is 0.323 e. The zero-order valence-corrected chi connectivity index (χ0v) is 12.6. The molecule has 0 saturated heterocycles. The van der Waals surface area contributed by atoms with E-state index in [0.29, 0.717) is 19.4 Å². The average Bonchev–Trinajstić information content (AvgIpc) is 2.40. The molecule has 1 N–H and O–H groups in total. The molecule has 0 aliphatic heterocycles. The van der Waals surface area contributed by atoms with Crippen molar-refractivity contribution in [2.75, 3.05) is 19.8 Å². The molecule has 0 spiro atoms. The van der Waals surface area contributed by atoms with Gasteiger partial charge in [-0.3, -0.25) is 14.0 Å². The van der Waals surface area contributed by atoms with Crippen LogP contribution < -0.4 is 0 Å². The number of carbonyl (C=O) groups excluding carboxylic acids is 1. The van der Waals surface area contributed by atoms with Crippen LogP contribution in [0.1, 0.15) is 64.7 Å². The molecule has 1 amide bonds. The Balaban J connectivity index is 3.65. The highest BCUT2D eigenvalue weighted by molar-refractivity contribution is 5.81. The zero-order valence-electron chi connectivity index (χ0n) is 12.6. The van der Waals surface area contributed by atoms with Gasteiger partial charge >= 0.3 is 5.97 Å². The van der Waals surface area contributed by atoms with Crippen molar-refractivity contribution in [2.24, 2.45) is 0 Å². The molecule has 0 aliphatic rings. The maximum atomic E-state index is 11.9. The second-order valence-electron chi connectivity index (χ2n) is 5.12. The van der Waals surface area contributed by atoms with Gasteiger partial charge in [-0.1, -0.05) is 39.0 Å². The third-order valence-electron chi connectivity index (χ3n) is 3.20. The van der Waals surface area contributed by atoms with Gasteiger partial charge in [0, 0.05) is 13.0 Å². The molecule has 5 heteroatoms. The summed E-state index contributed by atoms with van der Waals surface area (Å²) in [5.41, 5.74) is 0. The molecule has 0 heterocycles. The van der Waals surface area contributed by atoms with Crippen LogP contribution in [0.5, 0.6) is 0 Å². The van der Waals surface area contributed by atoms with Crippen LogP contribution in [0.15, 0.2) is 0 Å². The van der Waals surface area contributed by atoms with E-state index in [0.717, 1.165) is 44.9 Å². The summed E-state index contributed by atoms with van der Waals surface area (Å²) in [5, 5.41) is 8.75. The highest BCUT2D eigenvalue weighted by Gasteiger charge is 2.14. The first-order valence-electron chi connectivity index (χ1n) is 7.67. The number of carboxylic acids is 1. The van der Waals surface area contributed by atoms with E-state index in [-0.39, 0.29) is 19.1 Å². The van der Waals surface area contributed by atoms with Gasteiger partial charge in [0.05, 0.1) is 6.67 Å². The van der Waals surface area contributed by atoms with Crippen LogP contribution in [0.25, 0.3) is 0 Å². The molecule has 0 bridgehead atoms. The van der Waals surface area contributed by atoms with Crippen molar-refractivity contribution >= 4 is 11.9 Å². The van der Waals surface area contributed by atoms with E-state index in [1.807, 2.05) is 6.92 Å². The van der Waals surface area contributed by atoms with Gasteiger partial charge in [0.1, 0.15) is 6.54 Å². The van der Waals surface area contributed by atoms with Crippen molar-refractivity contribution < 1.29 is 19.1 Å². The lowest BCUT2D eigenvalue weighted by molar-refractivity contribution is -0.144. The number of unbranched alkanes of at least 4 members (excludes halogenated alkanes) is 6. The monoisotopic (exact) mass is 289 g/mol. The third-order valence-corrected chi connectivity index (χ3v) is 3.20. The first-order valence-corrected chi connectivity index (χ1v) is 7.67. The fourth-order valence-electron chi connectivity index (χ4n) is 2.14. The molecule has 0 fully saturated rings. The Bertz CT molecular complexity index is 272. The van der Waals surface area contributed by atoms with Crippen molar-refractivity contribution in [3.05, 3.63) is 0 Å². The molecule has 118 valence electrons. The number of carbonyl (C=O) groups is 2. The summed E-state index contributed by atoms with van der Waals surface area (Å²) in [5.74, 6) is -1.02. The van der Waals surface area contributed by atoms with E-state index < -0.39 is 5.97 Å². The van der Waals surface area contributed by atoms with Crippen LogP contribution in [-0.2, 0) is 9.59 Å². The predicted octanol–water partition coefficient (Wildman–Crippen LogP) is 3.40. The van der Waals surface area contributed by atoms with E-state index in [1.165, 1.54) is 4.90 Å². The lowest BCUT2D eigenvalue weighted by Gasteiger charge is -2.19. The van der Waals surface area contributed by atoms with Crippen LogP contribution in [0.3, 0.4) is 0 Å². The van der Waals surface area contributed by atoms with E-state index in [9.17, 15) is 14.0 Å². The third kappa shape index (κ3) is 10.8. The summed E-state index contributed by atoms with van der Waals surface area (Å²) in [7, 11) is 0. The van der Waals surface area contributed by atoms with Crippen molar-refractivity contribution in [1.82, 2.24) is 4.90 Å². The Morgan fingerprint density at radius 2 is 1.55 bits per heavy atom. The minimum Gasteiger partial charge on any atom is -0.480 e. The normalized spacial score (nSPS) is 10.5. The number of aliphatic carboxylic acids is 1. The fourth-order valence-corrected chi connectivity index (χ4v) is 2.14. The van der Waals surface area contributed by atoms with Crippen molar-refractivity contribution in [2.45, 2.75) is 64.7 Å². The highest BCUT2D eigenvalue weighted by Crippen LogP contribution is 2.10. The van der Waals surface area contributed by atoms with E-state index >= 15 is 0 Å². The number of hydrogen-bond donors (Lipinski definition) is 1. The van der Waals surface area contributed by atoms with Crippen LogP contribution in [-0.4, -0.2) is 41.6 Å². The smallest absolute Gasteiger partial charge is 0.323 e. The number of hydrogen-bond acceptors (Lipinski definition) is 2. The molecule has 0 aromatic carbocycles. The quantitative estimate of drug-likeness (QED) is 0.529. The molecule has 0 unspecified atom stereocenters. The molecule has 0 rings (SSSR count). The first kappa shape index (κ1) is 18.9. The van der Waals surface area contributed by atoms with Gasteiger partial charge in [-0.25, -0.2) is 0 Å². The van der Waals surface area contributed by atoms with Crippen LogP contribution in [0, 0.1) is 0 Å². The molecular formula is C15H28FNO3. The molecule has 0 atom stereocenters. The number of nitrogens with zero attached hydrogens (tertiary/aromatic N) is 1. The summed E-state index contributed by atoms with van der Waals surface area (Å²) in [6, 6.07) is 0. The zero-order chi connectivity index (χ0) is 15.2. The molecular weight excluding hydrogens is 261 g/mol. The minimum atomic E-state index is -0.959. The second kappa shape index (κ2) is 12.9. The van der Waals surface area contributed by atoms with E-state index in [4.69, 9.17) is 5.11 Å². The lowest BCUT2D eigenvalue weighted by atomic mass is 10.1. The first-order chi connectivity index (χ1) is 9.61. The van der Waals surface area contributed by atoms with Crippen molar-refractivity contribution in [3.63, 3.8) is 0 Å². The van der Waals surface area contributed by atoms with Crippen molar-refractivity contribution in [3.8, 4) is 0 Å². The summed E-state index contributed by atoms with van der Waals surface area (Å²) in [6.07, 6.45) is 7.78. The Labute approximate surface area is 121 Å². The van der Waals surface area contributed by atoms with Gasteiger partial charge in [0.15, 0.2) is 0 Å². The largest absolute Gasteiger partial charge is 0.480 e. The lowest BCUT2D eigenvalue weighted by Crippen LogP contribution is -2.36. The minimum absolute atomic E-state index is 0.0633. The van der Waals surface area contributed by atoms with Gasteiger partial charge in [-0.15, -0.1) is 0 Å². The van der Waals surface area contributed by atoms with Gasteiger partial charge in [-0.2, -0.15) is 0 Å². The molecule has 0 aromatic heterocycles. The second-order valence-corrected chi connectivity index (χ2v) is 5.12. The molecule has 0 aromatic rings. The Morgan fingerprint density at radius 1 is 1.00 bits per heavy atom. The number of alkyl halides is 1. The summed E-state index contributed by atoms with van der Waals surface area (Å²) in [4.78, 5) is 24.0. The summed E-state index contributed by atoms with van der Waals surface area (Å²) in [6.45, 7) is 2.01. The maximum absolute atomic E-state index is 11.9. The Morgan fingerprint density at radius 3 is 2.05 bits per heavy atom. The van der Waals surface area contributed by atoms with Gasteiger partial charge in [0.25, 0.3) is 0 Å². The van der Waals surface area contributed by atoms with Crippen LogP contribution in [0.2, 0.25) is 0 Å². The molecule has 4 nitrogen and oxygen atoms in total. The fraction of sp³-hybridized carbons (Fsp3) is 0.867.